The monoisotopic (exact) mass is 659 g/mol. The van der Waals surface area contributed by atoms with Crippen LogP contribution in [0.2, 0.25) is 5.02 Å². The van der Waals surface area contributed by atoms with Gasteiger partial charge in [-0.25, -0.2) is 17.6 Å². The highest BCUT2D eigenvalue weighted by Gasteiger charge is 2.38. The molecule has 0 unspecified atom stereocenters. The molecule has 13 heteroatoms. The number of hydrogen-bond donors (Lipinski definition) is 3. The van der Waals surface area contributed by atoms with Crippen LogP contribution in [0.4, 0.5) is 14.9 Å². The van der Waals surface area contributed by atoms with Crippen LogP contribution in [0.15, 0.2) is 71.9 Å². The van der Waals surface area contributed by atoms with E-state index in [1.54, 1.807) is 54.6 Å². The van der Waals surface area contributed by atoms with Crippen LogP contribution in [0.25, 0.3) is 0 Å². The number of benzene rings is 2. The van der Waals surface area contributed by atoms with Crippen molar-refractivity contribution < 1.29 is 27.1 Å². The second kappa shape index (κ2) is 15.1. The number of sulfonamides is 1. The number of piperazine rings is 1. The summed E-state index contributed by atoms with van der Waals surface area (Å²) in [6.45, 7) is 6.53. The Bertz CT molecular complexity index is 1580. The molecule has 1 aliphatic heterocycles. The number of rotatable bonds is 11. The Morgan fingerprint density at radius 3 is 2.44 bits per heavy atom. The van der Waals surface area contributed by atoms with E-state index in [1.807, 2.05) is 20.8 Å². The van der Waals surface area contributed by atoms with E-state index < -0.39 is 45.8 Å². The van der Waals surface area contributed by atoms with E-state index in [0.717, 1.165) is 11.8 Å². The summed E-state index contributed by atoms with van der Waals surface area (Å²) < 4.78 is 48.9. The van der Waals surface area contributed by atoms with Gasteiger partial charge in [0.1, 0.15) is 11.9 Å². The van der Waals surface area contributed by atoms with Crippen LogP contribution in [0.1, 0.15) is 44.2 Å². The minimum absolute atomic E-state index is 0.109. The Balaban J connectivity index is 1.60. The fraction of sp³-hybridized carbons (Fsp3) is 0.406. The number of methoxy groups -OCH3 is 1. The first kappa shape index (κ1) is 34.3. The summed E-state index contributed by atoms with van der Waals surface area (Å²) in [5.41, 5.74) is 1.07. The largest absolute Gasteiger partial charge is 0.453 e. The third-order valence-electron chi connectivity index (χ3n) is 8.00. The third kappa shape index (κ3) is 8.18. The van der Waals surface area contributed by atoms with Gasteiger partial charge >= 0.3 is 6.09 Å². The van der Waals surface area contributed by atoms with Crippen LogP contribution < -0.4 is 16.0 Å². The van der Waals surface area contributed by atoms with Crippen molar-refractivity contribution in [3.8, 4) is 0 Å². The molecule has 242 valence electrons. The Hall–Kier alpha value is -3.58. The van der Waals surface area contributed by atoms with E-state index in [2.05, 4.69) is 20.9 Å². The van der Waals surface area contributed by atoms with Crippen molar-refractivity contribution in [2.45, 2.75) is 62.6 Å². The van der Waals surface area contributed by atoms with Crippen molar-refractivity contribution in [3.05, 3.63) is 89.0 Å². The summed E-state index contributed by atoms with van der Waals surface area (Å²) in [5.74, 6) is -1.83. The van der Waals surface area contributed by atoms with Gasteiger partial charge in [0.2, 0.25) is 15.9 Å². The topological polar surface area (TPSA) is 130 Å². The predicted octanol–water partition coefficient (Wildman–Crippen LogP) is 4.96. The second-order valence-corrected chi connectivity index (χ2v) is 13.7. The number of alkyl carbamates (subject to hydrolysis) is 1. The van der Waals surface area contributed by atoms with Gasteiger partial charge in [-0.3, -0.25) is 9.78 Å². The fourth-order valence-electron chi connectivity index (χ4n) is 5.87. The highest BCUT2D eigenvalue weighted by atomic mass is 35.5. The van der Waals surface area contributed by atoms with Gasteiger partial charge in [-0.15, -0.1) is 0 Å². The lowest BCUT2D eigenvalue weighted by molar-refractivity contribution is -0.118. The number of amides is 2. The highest BCUT2D eigenvalue weighted by molar-refractivity contribution is 7.89. The van der Waals surface area contributed by atoms with Crippen LogP contribution in [0, 0.1) is 11.7 Å². The molecule has 2 amide bonds. The van der Waals surface area contributed by atoms with Gasteiger partial charge < -0.3 is 20.7 Å². The molecule has 2 aromatic carbocycles. The molecule has 0 spiro atoms. The van der Waals surface area contributed by atoms with Crippen molar-refractivity contribution in [3.63, 3.8) is 0 Å². The van der Waals surface area contributed by atoms with Gasteiger partial charge in [-0.05, 0) is 55.5 Å². The van der Waals surface area contributed by atoms with E-state index in [9.17, 15) is 18.0 Å². The number of anilines is 1. The lowest BCUT2D eigenvalue weighted by atomic mass is 9.82. The standard InChI is InChI=1S/C32H39ClFN5O5S/c1-20(2)29(22-10-12-23(33)13-11-22)30(38-32(41)44-4)31(40)37-28-19-36-18-27(34)26(28)15-14-24-17-35-16-21(3)39(24)45(42,43)25-8-6-5-7-9-25/h5-13,18-21,24,29-30,35H,14-17H2,1-4H3,(H,37,40)(H,38,41)/t21-,24+,29-,30+/m1/s1. The number of ether oxygens (including phenoxy) is 1. The number of carbonyl (C=O) groups is 2. The zero-order valence-electron chi connectivity index (χ0n) is 25.7. The highest BCUT2D eigenvalue weighted by Crippen LogP contribution is 2.31. The first-order chi connectivity index (χ1) is 21.4. The maximum atomic E-state index is 15.3. The number of halogens is 2. The number of aromatic nitrogens is 1. The van der Waals surface area contributed by atoms with Gasteiger partial charge in [0.05, 0.1) is 30.1 Å². The van der Waals surface area contributed by atoms with E-state index in [0.29, 0.717) is 18.1 Å². The molecule has 0 bridgehead atoms. The maximum Gasteiger partial charge on any atom is 0.407 e. The fourth-order valence-corrected chi connectivity index (χ4v) is 7.86. The van der Waals surface area contributed by atoms with Crippen LogP contribution in [-0.4, -0.2) is 68.0 Å². The SMILES string of the molecule is COC(=O)N[C@H](C(=O)Nc1cncc(F)c1CC[C@H]1CNC[C@@H](C)N1S(=O)(=O)c1ccccc1)[C@@H](c1ccc(Cl)cc1)C(C)C. The van der Waals surface area contributed by atoms with Crippen molar-refractivity contribution in [1.29, 1.82) is 0 Å². The van der Waals surface area contributed by atoms with Crippen molar-refractivity contribution in [2.75, 3.05) is 25.5 Å². The molecule has 10 nitrogen and oxygen atoms in total. The zero-order chi connectivity index (χ0) is 32.7. The summed E-state index contributed by atoms with van der Waals surface area (Å²) in [4.78, 5) is 30.4. The van der Waals surface area contributed by atoms with Gasteiger partial charge in [0.25, 0.3) is 0 Å². The summed E-state index contributed by atoms with van der Waals surface area (Å²) in [6.07, 6.45) is 1.99. The summed E-state index contributed by atoms with van der Waals surface area (Å²) in [7, 11) is -2.62. The summed E-state index contributed by atoms with van der Waals surface area (Å²) >= 11 is 6.09. The lowest BCUT2D eigenvalue weighted by Crippen LogP contribution is -2.58. The molecular weight excluding hydrogens is 621 g/mol. The number of nitrogens with zero attached hydrogens (tertiary/aromatic N) is 2. The minimum atomic E-state index is -3.82. The van der Waals surface area contributed by atoms with Gasteiger partial charge in [0, 0.05) is 41.7 Å². The van der Waals surface area contributed by atoms with Crippen LogP contribution in [-0.2, 0) is 26.0 Å². The predicted molar refractivity (Wildman–Crippen MR) is 171 cm³/mol. The molecule has 4 rings (SSSR count). The number of pyridine rings is 1. The minimum Gasteiger partial charge on any atom is -0.453 e. The molecular formula is C32H39ClFN5O5S. The van der Waals surface area contributed by atoms with Gasteiger partial charge in [-0.1, -0.05) is 55.8 Å². The molecule has 2 heterocycles. The Morgan fingerprint density at radius 1 is 1.11 bits per heavy atom. The first-order valence-electron chi connectivity index (χ1n) is 14.8. The molecule has 0 saturated carbocycles. The van der Waals surface area contributed by atoms with E-state index in [-0.39, 0.29) is 40.9 Å². The molecule has 3 aromatic rings. The van der Waals surface area contributed by atoms with Crippen LogP contribution in [0.3, 0.4) is 0 Å². The van der Waals surface area contributed by atoms with Gasteiger partial charge in [0.15, 0.2) is 0 Å². The third-order valence-corrected chi connectivity index (χ3v) is 10.3. The van der Waals surface area contributed by atoms with Crippen molar-refractivity contribution in [1.82, 2.24) is 19.9 Å². The molecule has 4 atom stereocenters. The Kier molecular flexibility index (Phi) is 11.5. The average Bonchev–Trinajstić information content (AvgIpc) is 3.01. The molecule has 1 aliphatic rings. The molecule has 1 fully saturated rings. The molecule has 0 aliphatic carbocycles. The molecule has 45 heavy (non-hydrogen) atoms. The Labute approximate surface area is 268 Å². The maximum absolute atomic E-state index is 15.3. The van der Waals surface area contributed by atoms with E-state index in [4.69, 9.17) is 16.3 Å². The van der Waals surface area contributed by atoms with Crippen molar-refractivity contribution >= 4 is 39.3 Å². The Morgan fingerprint density at radius 2 is 1.80 bits per heavy atom. The second-order valence-electron chi connectivity index (χ2n) is 11.4. The smallest absolute Gasteiger partial charge is 0.407 e. The van der Waals surface area contributed by atoms with Gasteiger partial charge in [-0.2, -0.15) is 4.31 Å². The molecule has 1 aromatic heterocycles. The number of carbonyl (C=O) groups excluding carboxylic acids is 2. The van der Waals surface area contributed by atoms with Crippen LogP contribution in [0.5, 0.6) is 0 Å². The summed E-state index contributed by atoms with van der Waals surface area (Å²) in [6, 6.07) is 13.3. The number of nitrogens with one attached hydrogen (secondary N) is 3. The quantitative estimate of drug-likeness (QED) is 0.265. The normalized spacial score (nSPS) is 18.6. The molecule has 0 radical (unpaired) electrons. The zero-order valence-corrected chi connectivity index (χ0v) is 27.2. The molecule has 3 N–H and O–H groups in total. The average molecular weight is 660 g/mol. The lowest BCUT2D eigenvalue weighted by Gasteiger charge is -2.40. The van der Waals surface area contributed by atoms with E-state index >= 15 is 4.39 Å². The first-order valence-corrected chi connectivity index (χ1v) is 16.6. The van der Waals surface area contributed by atoms with E-state index in [1.165, 1.54) is 17.6 Å². The van der Waals surface area contributed by atoms with Crippen molar-refractivity contribution in [2.24, 2.45) is 5.92 Å². The number of hydrogen-bond acceptors (Lipinski definition) is 7. The molecule has 1 saturated heterocycles. The van der Waals surface area contributed by atoms with Crippen LogP contribution >= 0.6 is 11.6 Å². The summed E-state index contributed by atoms with van der Waals surface area (Å²) in [5, 5.41) is 9.21.